The number of guanidine groups is 1. The Hall–Kier alpha value is -2.66. The van der Waals surface area contributed by atoms with Crippen molar-refractivity contribution in [2.75, 3.05) is 27.3 Å². The third-order valence-electron chi connectivity index (χ3n) is 4.66. The van der Waals surface area contributed by atoms with Crippen LogP contribution in [0.25, 0.3) is 11.4 Å². The fourth-order valence-electron chi connectivity index (χ4n) is 2.91. The molecule has 8 nitrogen and oxygen atoms in total. The molecule has 1 aromatic heterocycles. The van der Waals surface area contributed by atoms with Crippen LogP contribution in [0.5, 0.6) is 5.75 Å². The van der Waals surface area contributed by atoms with Gasteiger partial charge in [-0.2, -0.15) is 5.10 Å². The summed E-state index contributed by atoms with van der Waals surface area (Å²) in [5, 5.41) is 13.8. The van der Waals surface area contributed by atoms with Crippen molar-refractivity contribution in [2.24, 2.45) is 10.9 Å². The topological polar surface area (TPSA) is 96.5 Å². The van der Waals surface area contributed by atoms with E-state index in [2.05, 4.69) is 49.9 Å². The molecule has 3 N–H and O–H groups in total. The zero-order valence-corrected chi connectivity index (χ0v) is 21.0. The van der Waals surface area contributed by atoms with Crippen LogP contribution < -0.4 is 15.4 Å². The summed E-state index contributed by atoms with van der Waals surface area (Å²) in [6.45, 7) is 4.68. The van der Waals surface area contributed by atoms with Gasteiger partial charge in [0.2, 0.25) is 0 Å². The smallest absolute Gasteiger partial charge is 0.191 e. The second-order valence-corrected chi connectivity index (χ2v) is 7.25. The molecule has 0 radical (unpaired) electrons. The van der Waals surface area contributed by atoms with Crippen LogP contribution in [0.2, 0.25) is 0 Å². The lowest BCUT2D eigenvalue weighted by atomic mass is 10.2. The van der Waals surface area contributed by atoms with Gasteiger partial charge in [-0.15, -0.1) is 24.0 Å². The van der Waals surface area contributed by atoms with Crippen molar-refractivity contribution in [3.8, 4) is 17.1 Å². The maximum atomic E-state index is 5.80. The van der Waals surface area contributed by atoms with Gasteiger partial charge in [-0.1, -0.05) is 37.3 Å². The SMILES string of the molecule is CN=C(NCc1nc(-c2ccc(OC)cc2)n[nH]1)NCC(C)COCc1ccccc1.I. The molecular weight excluding hydrogens is 519 g/mol. The first kappa shape index (κ1) is 25.6. The third kappa shape index (κ3) is 8.12. The van der Waals surface area contributed by atoms with Crippen molar-refractivity contribution in [3.05, 3.63) is 66.0 Å². The van der Waals surface area contributed by atoms with Crippen molar-refractivity contribution < 1.29 is 9.47 Å². The van der Waals surface area contributed by atoms with Crippen LogP contribution in [0.4, 0.5) is 0 Å². The van der Waals surface area contributed by atoms with E-state index in [4.69, 9.17) is 9.47 Å². The molecule has 1 atom stereocenters. The molecule has 172 valence electrons. The molecule has 0 spiro atoms. The number of aromatic nitrogens is 3. The minimum atomic E-state index is 0. The molecule has 0 aliphatic carbocycles. The maximum Gasteiger partial charge on any atom is 0.191 e. The van der Waals surface area contributed by atoms with Gasteiger partial charge in [0.1, 0.15) is 11.6 Å². The van der Waals surface area contributed by atoms with Crippen molar-refractivity contribution in [1.82, 2.24) is 25.8 Å². The number of benzene rings is 2. The molecule has 32 heavy (non-hydrogen) atoms. The summed E-state index contributed by atoms with van der Waals surface area (Å²) in [4.78, 5) is 8.80. The first-order valence-electron chi connectivity index (χ1n) is 10.3. The Morgan fingerprint density at radius 2 is 1.84 bits per heavy atom. The molecule has 0 saturated heterocycles. The van der Waals surface area contributed by atoms with E-state index in [1.807, 2.05) is 42.5 Å². The Kier molecular flexibility index (Phi) is 10.9. The minimum absolute atomic E-state index is 0. The minimum Gasteiger partial charge on any atom is -0.497 e. The molecule has 0 saturated carbocycles. The number of rotatable bonds is 10. The van der Waals surface area contributed by atoms with E-state index in [0.29, 0.717) is 37.5 Å². The van der Waals surface area contributed by atoms with Crippen molar-refractivity contribution in [1.29, 1.82) is 0 Å². The number of nitrogens with zero attached hydrogens (tertiary/aromatic N) is 3. The average molecular weight is 550 g/mol. The number of H-pyrrole nitrogens is 1. The van der Waals surface area contributed by atoms with E-state index in [9.17, 15) is 0 Å². The van der Waals surface area contributed by atoms with Gasteiger partial charge in [0.25, 0.3) is 0 Å². The van der Waals surface area contributed by atoms with Crippen LogP contribution in [-0.2, 0) is 17.9 Å². The fraction of sp³-hybridized carbons (Fsp3) is 0.348. The van der Waals surface area contributed by atoms with E-state index in [1.54, 1.807) is 14.2 Å². The summed E-state index contributed by atoms with van der Waals surface area (Å²) in [7, 11) is 3.39. The average Bonchev–Trinajstić information content (AvgIpc) is 3.29. The largest absolute Gasteiger partial charge is 0.497 e. The third-order valence-corrected chi connectivity index (χ3v) is 4.66. The molecule has 2 aromatic carbocycles. The number of aliphatic imine (C=N–C) groups is 1. The van der Waals surface area contributed by atoms with Gasteiger partial charge in [0, 0.05) is 19.2 Å². The number of halogens is 1. The predicted molar refractivity (Wildman–Crippen MR) is 137 cm³/mol. The number of methoxy groups -OCH3 is 1. The number of aromatic amines is 1. The van der Waals surface area contributed by atoms with E-state index in [0.717, 1.165) is 23.7 Å². The fourth-order valence-corrected chi connectivity index (χ4v) is 2.91. The predicted octanol–water partition coefficient (Wildman–Crippen LogP) is 3.62. The quantitative estimate of drug-likeness (QED) is 0.203. The van der Waals surface area contributed by atoms with Gasteiger partial charge < -0.3 is 20.1 Å². The number of nitrogens with one attached hydrogen (secondary N) is 3. The number of ether oxygens (including phenoxy) is 2. The van der Waals surface area contributed by atoms with Crippen molar-refractivity contribution in [3.63, 3.8) is 0 Å². The lowest BCUT2D eigenvalue weighted by Crippen LogP contribution is -2.39. The van der Waals surface area contributed by atoms with Gasteiger partial charge >= 0.3 is 0 Å². The zero-order valence-electron chi connectivity index (χ0n) is 18.7. The van der Waals surface area contributed by atoms with Crippen molar-refractivity contribution >= 4 is 29.9 Å². The highest BCUT2D eigenvalue weighted by Crippen LogP contribution is 2.18. The van der Waals surface area contributed by atoms with Gasteiger partial charge in [-0.05, 0) is 35.7 Å². The van der Waals surface area contributed by atoms with Gasteiger partial charge in [0.15, 0.2) is 11.8 Å². The summed E-state index contributed by atoms with van der Waals surface area (Å²) in [6.07, 6.45) is 0. The Morgan fingerprint density at radius 3 is 2.53 bits per heavy atom. The first-order chi connectivity index (χ1) is 15.2. The molecule has 9 heteroatoms. The van der Waals surface area contributed by atoms with Crippen LogP contribution in [-0.4, -0.2) is 48.5 Å². The maximum absolute atomic E-state index is 5.80. The highest BCUT2D eigenvalue weighted by Gasteiger charge is 2.08. The van der Waals surface area contributed by atoms with E-state index in [1.165, 1.54) is 5.56 Å². The van der Waals surface area contributed by atoms with Gasteiger partial charge in [0.05, 0.1) is 26.9 Å². The second kappa shape index (κ2) is 13.7. The van der Waals surface area contributed by atoms with Crippen LogP contribution in [0.3, 0.4) is 0 Å². The van der Waals surface area contributed by atoms with E-state index in [-0.39, 0.29) is 24.0 Å². The van der Waals surface area contributed by atoms with Crippen LogP contribution in [0.1, 0.15) is 18.3 Å². The molecule has 0 amide bonds. The summed E-state index contributed by atoms with van der Waals surface area (Å²) < 4.78 is 11.0. The molecule has 0 fully saturated rings. The molecule has 1 heterocycles. The normalized spacial score (nSPS) is 12.0. The van der Waals surface area contributed by atoms with Gasteiger partial charge in [-0.3, -0.25) is 10.1 Å². The number of hydrogen-bond donors (Lipinski definition) is 3. The van der Waals surface area contributed by atoms with E-state index >= 15 is 0 Å². The van der Waals surface area contributed by atoms with Crippen LogP contribution in [0.15, 0.2) is 59.6 Å². The highest BCUT2D eigenvalue weighted by molar-refractivity contribution is 14.0. The lowest BCUT2D eigenvalue weighted by molar-refractivity contribution is 0.0931. The summed E-state index contributed by atoms with van der Waals surface area (Å²) in [5.41, 5.74) is 2.11. The van der Waals surface area contributed by atoms with Crippen molar-refractivity contribution in [2.45, 2.75) is 20.1 Å². The molecule has 0 aliphatic heterocycles. The Bertz CT molecular complexity index is 947. The molecule has 1 unspecified atom stereocenters. The van der Waals surface area contributed by atoms with Crippen LogP contribution in [0, 0.1) is 5.92 Å². The second-order valence-electron chi connectivity index (χ2n) is 7.25. The lowest BCUT2D eigenvalue weighted by Gasteiger charge is -2.16. The monoisotopic (exact) mass is 550 g/mol. The Balaban J connectivity index is 0.00000363. The van der Waals surface area contributed by atoms with Gasteiger partial charge in [-0.25, -0.2) is 4.98 Å². The summed E-state index contributed by atoms with van der Waals surface area (Å²) in [6, 6.07) is 17.8. The molecule has 3 aromatic rings. The van der Waals surface area contributed by atoms with E-state index < -0.39 is 0 Å². The Morgan fingerprint density at radius 1 is 1.09 bits per heavy atom. The summed E-state index contributed by atoms with van der Waals surface area (Å²) >= 11 is 0. The zero-order chi connectivity index (χ0) is 21.9. The Labute approximate surface area is 206 Å². The molecule has 0 aliphatic rings. The number of hydrogen-bond acceptors (Lipinski definition) is 5. The first-order valence-corrected chi connectivity index (χ1v) is 10.3. The molecule has 0 bridgehead atoms. The molecular formula is C23H31IN6O2. The van der Waals surface area contributed by atoms with Crippen LogP contribution >= 0.6 is 24.0 Å². The molecule has 3 rings (SSSR count). The highest BCUT2D eigenvalue weighted by atomic mass is 127. The standard InChI is InChI=1S/C23H30N6O2.HI/c1-17(15-31-16-18-7-5-4-6-8-18)13-25-23(24-2)26-14-21-27-22(29-28-21)19-9-11-20(30-3)12-10-19;/h4-12,17H,13-16H2,1-3H3,(H2,24,25,26)(H,27,28,29);1H. The summed E-state index contributed by atoms with van der Waals surface area (Å²) in [5.74, 6) is 3.22.